The molecule has 8 nitrogen and oxygen atoms in total. The van der Waals surface area contributed by atoms with Gasteiger partial charge in [-0.05, 0) is 31.2 Å². The zero-order chi connectivity index (χ0) is 17.4. The average molecular weight is 331 g/mol. The summed E-state index contributed by atoms with van der Waals surface area (Å²) in [6.07, 6.45) is 2.16. The minimum atomic E-state index is -0.716. The zero-order valence-corrected chi connectivity index (χ0v) is 13.1. The highest BCUT2D eigenvalue weighted by atomic mass is 16.6. The predicted octanol–water partition coefficient (Wildman–Crippen LogP) is 1.66. The second kappa shape index (κ2) is 6.03. The smallest absolute Gasteiger partial charge is 0.270 e. The molecular formula is C16H17N3O5. The average Bonchev–Trinajstić information content (AvgIpc) is 2.79. The number of fused-ring (bicyclic) bond motifs is 1. The van der Waals surface area contributed by atoms with Gasteiger partial charge in [0.15, 0.2) is 0 Å². The Morgan fingerprint density at radius 1 is 1.25 bits per heavy atom. The molecule has 3 amide bonds. The van der Waals surface area contributed by atoms with Crippen LogP contribution >= 0.6 is 0 Å². The van der Waals surface area contributed by atoms with Gasteiger partial charge < -0.3 is 0 Å². The number of amides is 3. The summed E-state index contributed by atoms with van der Waals surface area (Å²) in [4.78, 5) is 47.2. The molecule has 1 aromatic rings. The van der Waals surface area contributed by atoms with Crippen LogP contribution in [0.1, 0.15) is 36.5 Å². The molecule has 1 heterocycles. The van der Waals surface area contributed by atoms with Crippen LogP contribution in [-0.4, -0.2) is 27.7 Å². The number of nitro groups is 1. The summed E-state index contributed by atoms with van der Waals surface area (Å²) in [6, 6.07) is 5.14. The SMILES string of the molecule is C[C@@H]1CC[C@@H]2C(=O)N(NC(=O)c3cccc([N+](=O)[O-])c3)C(=O)[C@@H]2C1. The number of nitro benzene ring substituents is 1. The quantitative estimate of drug-likeness (QED) is 0.514. The van der Waals surface area contributed by atoms with Gasteiger partial charge in [0.05, 0.1) is 16.8 Å². The standard InChI is InChI=1S/C16H17N3O5/c1-9-5-6-12-13(7-9)16(22)18(15(12)21)17-14(20)10-3-2-4-11(8-10)19(23)24/h2-4,8-9,12-13H,5-7H2,1H3,(H,17,20)/t9-,12+,13-/m1/s1. The fourth-order valence-electron chi connectivity index (χ4n) is 3.43. The zero-order valence-electron chi connectivity index (χ0n) is 13.1. The highest BCUT2D eigenvalue weighted by molar-refractivity contribution is 6.07. The van der Waals surface area contributed by atoms with Crippen LogP contribution in [0.2, 0.25) is 0 Å². The van der Waals surface area contributed by atoms with Gasteiger partial charge in [0.1, 0.15) is 0 Å². The van der Waals surface area contributed by atoms with E-state index in [1.54, 1.807) is 0 Å². The fraction of sp³-hybridized carbons (Fsp3) is 0.438. The third-order valence-corrected chi connectivity index (χ3v) is 4.72. The van der Waals surface area contributed by atoms with Crippen LogP contribution in [0.4, 0.5) is 5.69 Å². The number of nitrogens with zero attached hydrogens (tertiary/aromatic N) is 2. The molecule has 1 saturated carbocycles. The molecule has 2 fully saturated rings. The van der Waals surface area contributed by atoms with E-state index < -0.39 is 22.6 Å². The Hall–Kier alpha value is -2.77. The van der Waals surface area contributed by atoms with Crippen molar-refractivity contribution in [3.63, 3.8) is 0 Å². The van der Waals surface area contributed by atoms with Crippen molar-refractivity contribution in [1.29, 1.82) is 0 Å². The summed E-state index contributed by atoms with van der Waals surface area (Å²) in [5, 5.41) is 11.6. The molecule has 24 heavy (non-hydrogen) atoms. The van der Waals surface area contributed by atoms with Crippen molar-refractivity contribution < 1.29 is 19.3 Å². The molecule has 0 unspecified atom stereocenters. The molecule has 1 aliphatic carbocycles. The number of hydrogen-bond acceptors (Lipinski definition) is 5. The Bertz CT molecular complexity index is 732. The van der Waals surface area contributed by atoms with Gasteiger partial charge in [-0.15, -0.1) is 0 Å². The van der Waals surface area contributed by atoms with Crippen molar-refractivity contribution in [1.82, 2.24) is 10.4 Å². The maximum atomic E-state index is 12.4. The van der Waals surface area contributed by atoms with Crippen LogP contribution in [0.3, 0.4) is 0 Å². The molecule has 3 rings (SSSR count). The molecule has 1 aliphatic heterocycles. The van der Waals surface area contributed by atoms with Crippen molar-refractivity contribution >= 4 is 23.4 Å². The fourth-order valence-corrected chi connectivity index (χ4v) is 3.43. The summed E-state index contributed by atoms with van der Waals surface area (Å²) in [5.41, 5.74) is 2.09. The highest BCUT2D eigenvalue weighted by Gasteiger charge is 2.50. The maximum absolute atomic E-state index is 12.4. The van der Waals surface area contributed by atoms with E-state index in [2.05, 4.69) is 5.43 Å². The van der Waals surface area contributed by atoms with Crippen LogP contribution in [0.25, 0.3) is 0 Å². The van der Waals surface area contributed by atoms with Gasteiger partial charge >= 0.3 is 0 Å². The Morgan fingerprint density at radius 2 is 1.96 bits per heavy atom. The number of non-ortho nitro benzene ring substituents is 1. The third kappa shape index (κ3) is 2.75. The Kier molecular flexibility index (Phi) is 4.04. The van der Waals surface area contributed by atoms with Crippen LogP contribution in [0.5, 0.6) is 0 Å². The molecule has 126 valence electrons. The van der Waals surface area contributed by atoms with Gasteiger partial charge in [-0.1, -0.05) is 13.0 Å². The maximum Gasteiger partial charge on any atom is 0.270 e. The summed E-state index contributed by atoms with van der Waals surface area (Å²) in [7, 11) is 0. The second-order valence-corrected chi connectivity index (χ2v) is 6.39. The summed E-state index contributed by atoms with van der Waals surface area (Å²) < 4.78 is 0. The topological polar surface area (TPSA) is 110 Å². The van der Waals surface area contributed by atoms with Crippen molar-refractivity contribution in [3.05, 3.63) is 39.9 Å². The van der Waals surface area contributed by atoms with E-state index in [1.165, 1.54) is 18.2 Å². The van der Waals surface area contributed by atoms with Crippen molar-refractivity contribution in [3.8, 4) is 0 Å². The summed E-state index contributed by atoms with van der Waals surface area (Å²) in [6.45, 7) is 2.04. The molecule has 0 bridgehead atoms. The minimum absolute atomic E-state index is 0.0213. The first-order valence-corrected chi connectivity index (χ1v) is 7.81. The van der Waals surface area contributed by atoms with Crippen LogP contribution in [0.15, 0.2) is 24.3 Å². The van der Waals surface area contributed by atoms with Crippen molar-refractivity contribution in [2.45, 2.75) is 26.2 Å². The number of nitrogens with one attached hydrogen (secondary N) is 1. The Morgan fingerprint density at radius 3 is 2.67 bits per heavy atom. The second-order valence-electron chi connectivity index (χ2n) is 6.39. The van der Waals surface area contributed by atoms with Gasteiger partial charge in [-0.25, -0.2) is 0 Å². The molecule has 8 heteroatoms. The Labute approximate surface area is 137 Å². The van der Waals surface area contributed by atoms with Crippen LogP contribution < -0.4 is 5.43 Å². The van der Waals surface area contributed by atoms with Gasteiger partial charge in [-0.3, -0.25) is 29.9 Å². The molecular weight excluding hydrogens is 314 g/mol. The largest absolute Gasteiger partial charge is 0.272 e. The van der Waals surface area contributed by atoms with Crippen LogP contribution in [-0.2, 0) is 9.59 Å². The number of carbonyl (C=O) groups is 3. The lowest BCUT2D eigenvalue weighted by Gasteiger charge is -2.25. The van der Waals surface area contributed by atoms with E-state index >= 15 is 0 Å². The minimum Gasteiger partial charge on any atom is -0.272 e. The molecule has 0 aromatic heterocycles. The summed E-state index contributed by atoms with van der Waals surface area (Å²) >= 11 is 0. The van der Waals surface area contributed by atoms with E-state index in [1.807, 2.05) is 6.92 Å². The van der Waals surface area contributed by atoms with Gasteiger partial charge in [0, 0.05) is 17.7 Å². The molecule has 1 aromatic carbocycles. The molecule has 0 radical (unpaired) electrons. The molecule has 2 aliphatic rings. The summed E-state index contributed by atoms with van der Waals surface area (Å²) in [5.74, 6) is -1.89. The van der Waals surface area contributed by atoms with Crippen molar-refractivity contribution in [2.75, 3.05) is 0 Å². The number of hydrazine groups is 1. The first-order chi connectivity index (χ1) is 11.4. The normalized spacial score (nSPS) is 26.2. The number of carbonyl (C=O) groups excluding carboxylic acids is 3. The van der Waals surface area contributed by atoms with Gasteiger partial charge in [0.2, 0.25) is 0 Å². The predicted molar refractivity (Wildman–Crippen MR) is 82.4 cm³/mol. The first kappa shape index (κ1) is 16.1. The lowest BCUT2D eigenvalue weighted by atomic mass is 9.76. The highest BCUT2D eigenvalue weighted by Crippen LogP contribution is 2.39. The number of hydrogen-bond donors (Lipinski definition) is 1. The number of imide groups is 1. The van der Waals surface area contributed by atoms with Gasteiger partial charge in [0.25, 0.3) is 23.4 Å². The Balaban J connectivity index is 1.77. The molecule has 1 saturated heterocycles. The van der Waals surface area contributed by atoms with E-state index in [0.29, 0.717) is 18.8 Å². The van der Waals surface area contributed by atoms with Crippen LogP contribution in [0, 0.1) is 27.9 Å². The molecule has 3 atom stereocenters. The lowest BCUT2D eigenvalue weighted by molar-refractivity contribution is -0.384. The van der Waals surface area contributed by atoms with E-state index in [0.717, 1.165) is 17.5 Å². The monoisotopic (exact) mass is 331 g/mol. The lowest BCUT2D eigenvalue weighted by Crippen LogP contribution is -2.46. The van der Waals surface area contributed by atoms with Gasteiger partial charge in [-0.2, -0.15) is 5.01 Å². The molecule has 1 N–H and O–H groups in total. The third-order valence-electron chi connectivity index (χ3n) is 4.72. The van der Waals surface area contributed by atoms with E-state index in [4.69, 9.17) is 0 Å². The molecule has 0 spiro atoms. The van der Waals surface area contributed by atoms with Crippen molar-refractivity contribution in [2.24, 2.45) is 17.8 Å². The number of rotatable bonds is 3. The van der Waals surface area contributed by atoms with E-state index in [-0.39, 0.29) is 23.1 Å². The number of benzene rings is 1. The first-order valence-electron chi connectivity index (χ1n) is 7.81. The van der Waals surface area contributed by atoms with E-state index in [9.17, 15) is 24.5 Å².